The molecule has 7 heteroatoms. The third-order valence-corrected chi connectivity index (χ3v) is 5.59. The highest BCUT2D eigenvalue weighted by atomic mass is 32.2. The maximum Gasteiger partial charge on any atom is 0.211 e. The molecule has 5 nitrogen and oxygen atoms in total. The first-order chi connectivity index (χ1) is 10.5. The van der Waals surface area contributed by atoms with Gasteiger partial charge >= 0.3 is 0 Å². The molecule has 2 rings (SSSR count). The summed E-state index contributed by atoms with van der Waals surface area (Å²) in [6, 6.07) is 7.72. The van der Waals surface area contributed by atoms with Crippen molar-refractivity contribution in [2.45, 2.75) is 19.8 Å². The molecular formula is C15H20N2O3S2. The van der Waals surface area contributed by atoms with Crippen LogP contribution in [0.4, 0.5) is 0 Å². The first kappa shape index (κ1) is 16.9. The summed E-state index contributed by atoms with van der Waals surface area (Å²) in [4.78, 5) is 4.54. The summed E-state index contributed by atoms with van der Waals surface area (Å²) in [6.07, 6.45) is 1.21. The van der Waals surface area contributed by atoms with Crippen molar-refractivity contribution in [3.63, 3.8) is 0 Å². The van der Waals surface area contributed by atoms with E-state index in [1.807, 2.05) is 36.6 Å². The minimum Gasteiger partial charge on any atom is -0.497 e. The van der Waals surface area contributed by atoms with Gasteiger partial charge in [-0.1, -0.05) is 6.92 Å². The van der Waals surface area contributed by atoms with Crippen molar-refractivity contribution in [3.05, 3.63) is 35.3 Å². The van der Waals surface area contributed by atoms with Crippen LogP contribution in [0, 0.1) is 0 Å². The van der Waals surface area contributed by atoms with Crippen LogP contribution < -0.4 is 9.46 Å². The first-order valence-electron chi connectivity index (χ1n) is 7.10. The van der Waals surface area contributed by atoms with Crippen LogP contribution in [0.15, 0.2) is 29.6 Å². The van der Waals surface area contributed by atoms with Gasteiger partial charge < -0.3 is 4.74 Å². The van der Waals surface area contributed by atoms with Gasteiger partial charge in [-0.15, -0.1) is 11.3 Å². The zero-order valence-electron chi connectivity index (χ0n) is 12.7. The van der Waals surface area contributed by atoms with Gasteiger partial charge in [-0.25, -0.2) is 18.1 Å². The number of hydrogen-bond donors (Lipinski definition) is 1. The Hall–Kier alpha value is -1.44. The molecule has 0 unspecified atom stereocenters. The van der Waals surface area contributed by atoms with E-state index in [9.17, 15) is 8.42 Å². The second kappa shape index (κ2) is 7.71. The molecule has 0 aliphatic heterocycles. The van der Waals surface area contributed by atoms with Crippen molar-refractivity contribution in [2.24, 2.45) is 0 Å². The molecule has 0 fully saturated rings. The number of benzene rings is 1. The molecule has 0 saturated heterocycles. The third-order valence-electron chi connectivity index (χ3n) is 3.06. The van der Waals surface area contributed by atoms with E-state index in [1.165, 1.54) is 0 Å². The number of rotatable bonds is 8. The van der Waals surface area contributed by atoms with Gasteiger partial charge in [-0.3, -0.25) is 0 Å². The van der Waals surface area contributed by atoms with Crippen molar-refractivity contribution in [2.75, 3.05) is 19.4 Å². The standard InChI is InChI=1S/C15H20N2O3S2/c1-3-10-22(18,19)16-9-8-13-11-21-15(17-13)12-4-6-14(20-2)7-5-12/h4-7,11,16H,3,8-10H2,1-2H3. The zero-order valence-corrected chi connectivity index (χ0v) is 14.3. The molecule has 0 bridgehead atoms. The summed E-state index contributed by atoms with van der Waals surface area (Å²) >= 11 is 1.56. The van der Waals surface area contributed by atoms with E-state index in [0.29, 0.717) is 19.4 Å². The van der Waals surface area contributed by atoms with E-state index in [-0.39, 0.29) is 5.75 Å². The van der Waals surface area contributed by atoms with E-state index < -0.39 is 10.0 Å². The van der Waals surface area contributed by atoms with E-state index >= 15 is 0 Å². The van der Waals surface area contributed by atoms with Gasteiger partial charge in [0.05, 0.1) is 18.6 Å². The van der Waals surface area contributed by atoms with Crippen molar-refractivity contribution in [1.82, 2.24) is 9.71 Å². The highest BCUT2D eigenvalue weighted by Gasteiger charge is 2.09. The molecule has 1 aromatic heterocycles. The molecule has 0 aliphatic rings. The molecule has 1 heterocycles. The topological polar surface area (TPSA) is 68.3 Å². The maximum atomic E-state index is 11.6. The molecule has 0 atom stereocenters. The minimum atomic E-state index is -3.14. The quantitative estimate of drug-likeness (QED) is 0.802. The monoisotopic (exact) mass is 340 g/mol. The fourth-order valence-electron chi connectivity index (χ4n) is 1.96. The van der Waals surface area contributed by atoms with Crippen molar-refractivity contribution >= 4 is 21.4 Å². The van der Waals surface area contributed by atoms with E-state index in [2.05, 4.69) is 9.71 Å². The molecule has 0 saturated carbocycles. The number of ether oxygens (including phenoxy) is 1. The van der Waals surface area contributed by atoms with Gasteiger partial charge in [0.15, 0.2) is 0 Å². The fraction of sp³-hybridized carbons (Fsp3) is 0.400. The number of thiazole rings is 1. The van der Waals surface area contributed by atoms with Gasteiger partial charge in [0, 0.05) is 23.9 Å². The van der Waals surface area contributed by atoms with E-state index in [4.69, 9.17) is 4.74 Å². The number of methoxy groups -OCH3 is 1. The summed E-state index contributed by atoms with van der Waals surface area (Å²) < 4.78 is 30.9. The summed E-state index contributed by atoms with van der Waals surface area (Å²) in [5.74, 6) is 0.979. The lowest BCUT2D eigenvalue weighted by atomic mass is 10.2. The Morgan fingerprint density at radius 1 is 1.27 bits per heavy atom. The Bertz CT molecular complexity index is 694. The second-order valence-corrected chi connectivity index (χ2v) is 7.62. The maximum absolute atomic E-state index is 11.6. The number of aromatic nitrogens is 1. The fourth-order valence-corrected chi connectivity index (χ4v) is 3.92. The molecule has 0 aliphatic carbocycles. The molecule has 120 valence electrons. The Kier molecular flexibility index (Phi) is 5.93. The van der Waals surface area contributed by atoms with Crippen LogP contribution in [0.1, 0.15) is 19.0 Å². The predicted molar refractivity (Wildman–Crippen MR) is 89.9 cm³/mol. The predicted octanol–water partition coefficient (Wildman–Crippen LogP) is 2.69. The van der Waals surface area contributed by atoms with Gasteiger partial charge in [-0.2, -0.15) is 0 Å². The average molecular weight is 340 g/mol. The summed E-state index contributed by atoms with van der Waals surface area (Å²) in [6.45, 7) is 2.23. The average Bonchev–Trinajstić information content (AvgIpc) is 2.96. The van der Waals surface area contributed by atoms with Crippen LogP contribution in [0.5, 0.6) is 5.75 Å². The van der Waals surface area contributed by atoms with Crippen molar-refractivity contribution < 1.29 is 13.2 Å². The van der Waals surface area contributed by atoms with Crippen molar-refractivity contribution in [1.29, 1.82) is 0 Å². The van der Waals surface area contributed by atoms with E-state index in [0.717, 1.165) is 22.0 Å². The lowest BCUT2D eigenvalue weighted by Crippen LogP contribution is -2.28. The smallest absolute Gasteiger partial charge is 0.211 e. The lowest BCUT2D eigenvalue weighted by Gasteiger charge is -2.03. The molecule has 1 N–H and O–H groups in total. The second-order valence-electron chi connectivity index (χ2n) is 4.84. The van der Waals surface area contributed by atoms with Gasteiger partial charge in [-0.05, 0) is 30.7 Å². The van der Waals surface area contributed by atoms with Crippen LogP contribution in [-0.4, -0.2) is 32.8 Å². The van der Waals surface area contributed by atoms with Crippen LogP contribution in [0.3, 0.4) is 0 Å². The highest BCUT2D eigenvalue weighted by Crippen LogP contribution is 2.25. The summed E-state index contributed by atoms with van der Waals surface area (Å²) in [5.41, 5.74) is 1.93. The largest absolute Gasteiger partial charge is 0.497 e. The molecular weight excluding hydrogens is 320 g/mol. The molecule has 1 aromatic carbocycles. The first-order valence-corrected chi connectivity index (χ1v) is 9.63. The Morgan fingerprint density at radius 3 is 2.64 bits per heavy atom. The Labute approximate surface area is 135 Å². The molecule has 0 radical (unpaired) electrons. The van der Waals surface area contributed by atoms with Crippen molar-refractivity contribution in [3.8, 4) is 16.3 Å². The van der Waals surface area contributed by atoms with Crippen LogP contribution >= 0.6 is 11.3 Å². The number of nitrogens with one attached hydrogen (secondary N) is 1. The number of hydrogen-bond acceptors (Lipinski definition) is 5. The van der Waals surface area contributed by atoms with Crippen LogP contribution in [-0.2, 0) is 16.4 Å². The molecule has 2 aromatic rings. The summed E-state index contributed by atoms with van der Waals surface area (Å²) in [7, 11) is -1.51. The number of sulfonamides is 1. The highest BCUT2D eigenvalue weighted by molar-refractivity contribution is 7.89. The number of nitrogens with zero attached hydrogens (tertiary/aromatic N) is 1. The molecule has 0 amide bonds. The lowest BCUT2D eigenvalue weighted by molar-refractivity contribution is 0.415. The summed E-state index contributed by atoms with van der Waals surface area (Å²) in [5, 5.41) is 2.89. The third kappa shape index (κ3) is 4.79. The Morgan fingerprint density at radius 2 is 2.00 bits per heavy atom. The van der Waals surface area contributed by atoms with E-state index in [1.54, 1.807) is 18.4 Å². The minimum absolute atomic E-state index is 0.168. The zero-order chi connectivity index (χ0) is 16.0. The normalized spacial score (nSPS) is 11.5. The van der Waals surface area contributed by atoms with Crippen LogP contribution in [0.25, 0.3) is 10.6 Å². The van der Waals surface area contributed by atoms with Gasteiger partial charge in [0.1, 0.15) is 10.8 Å². The Balaban J connectivity index is 1.93. The van der Waals surface area contributed by atoms with Gasteiger partial charge in [0.25, 0.3) is 0 Å². The van der Waals surface area contributed by atoms with Crippen LogP contribution in [0.2, 0.25) is 0 Å². The molecule has 22 heavy (non-hydrogen) atoms. The SMILES string of the molecule is CCCS(=O)(=O)NCCc1csc(-c2ccc(OC)cc2)n1. The van der Waals surface area contributed by atoms with Gasteiger partial charge in [0.2, 0.25) is 10.0 Å². The molecule has 0 spiro atoms.